The van der Waals surface area contributed by atoms with Crippen LogP contribution >= 0.6 is 11.6 Å². The average Bonchev–Trinajstić information content (AvgIpc) is 2.47. The SMILES string of the molecule is CCc1ccc(-c2ccccc2N=C(Cl)C(F)(F)F)cc1. The van der Waals surface area contributed by atoms with E-state index in [0.717, 1.165) is 17.5 Å². The van der Waals surface area contributed by atoms with Crippen LogP contribution in [0.25, 0.3) is 11.1 Å². The fraction of sp³-hybridized carbons (Fsp3) is 0.188. The van der Waals surface area contributed by atoms with Crippen LogP contribution < -0.4 is 0 Å². The van der Waals surface area contributed by atoms with E-state index in [1.54, 1.807) is 18.2 Å². The van der Waals surface area contributed by atoms with Crippen molar-refractivity contribution in [3.63, 3.8) is 0 Å². The number of aryl methyl sites for hydroxylation is 1. The zero-order chi connectivity index (χ0) is 15.5. The van der Waals surface area contributed by atoms with Gasteiger partial charge in [-0.1, -0.05) is 61.0 Å². The summed E-state index contributed by atoms with van der Waals surface area (Å²) in [5, 5.41) is -1.37. The van der Waals surface area contributed by atoms with Gasteiger partial charge in [0.1, 0.15) is 0 Å². The minimum Gasteiger partial charge on any atom is -0.232 e. The first-order chi connectivity index (χ1) is 9.91. The normalized spacial score (nSPS) is 12.5. The van der Waals surface area contributed by atoms with Crippen LogP contribution in [-0.4, -0.2) is 11.3 Å². The Labute approximate surface area is 126 Å². The molecule has 0 aliphatic carbocycles. The molecule has 0 unspecified atom stereocenters. The van der Waals surface area contributed by atoms with Crippen molar-refractivity contribution in [1.29, 1.82) is 0 Å². The van der Waals surface area contributed by atoms with Gasteiger partial charge in [0.15, 0.2) is 0 Å². The summed E-state index contributed by atoms with van der Waals surface area (Å²) in [5.74, 6) is 0. The second-order valence-electron chi connectivity index (χ2n) is 4.47. The minimum atomic E-state index is -4.64. The maximum Gasteiger partial charge on any atom is 0.444 e. The fourth-order valence-corrected chi connectivity index (χ4v) is 2.00. The number of hydrogen-bond donors (Lipinski definition) is 0. The van der Waals surface area contributed by atoms with Crippen molar-refractivity contribution in [3.8, 4) is 11.1 Å². The molecule has 0 saturated heterocycles. The minimum absolute atomic E-state index is 0.198. The lowest BCUT2D eigenvalue weighted by atomic mass is 10.0. The molecule has 2 aromatic carbocycles. The zero-order valence-corrected chi connectivity index (χ0v) is 12.0. The molecule has 5 heteroatoms. The van der Waals surface area contributed by atoms with E-state index in [4.69, 9.17) is 11.6 Å². The molecule has 0 aliphatic heterocycles. The van der Waals surface area contributed by atoms with E-state index < -0.39 is 11.3 Å². The lowest BCUT2D eigenvalue weighted by Crippen LogP contribution is -2.16. The lowest BCUT2D eigenvalue weighted by Gasteiger charge is -2.08. The van der Waals surface area contributed by atoms with Crippen molar-refractivity contribution in [3.05, 3.63) is 54.1 Å². The average molecular weight is 312 g/mol. The Morgan fingerprint density at radius 3 is 2.24 bits per heavy atom. The largest absolute Gasteiger partial charge is 0.444 e. The highest BCUT2D eigenvalue weighted by Crippen LogP contribution is 2.32. The number of rotatable bonds is 3. The third kappa shape index (κ3) is 3.85. The maximum atomic E-state index is 12.5. The predicted octanol–water partition coefficient (Wildman–Crippen LogP) is 5.75. The summed E-state index contributed by atoms with van der Waals surface area (Å²) >= 11 is 5.22. The molecule has 0 radical (unpaired) electrons. The van der Waals surface area contributed by atoms with Crippen LogP contribution in [0.1, 0.15) is 12.5 Å². The molecule has 0 N–H and O–H groups in total. The highest BCUT2D eigenvalue weighted by molar-refractivity contribution is 6.67. The molecule has 0 fully saturated rings. The standard InChI is InChI=1S/C16H13ClF3N/c1-2-11-7-9-12(10-8-11)13-5-3-4-6-14(13)21-15(17)16(18,19)20/h3-10H,2H2,1H3. The summed E-state index contributed by atoms with van der Waals surface area (Å²) in [4.78, 5) is 3.51. The van der Waals surface area contributed by atoms with Gasteiger partial charge in [-0.25, -0.2) is 4.99 Å². The van der Waals surface area contributed by atoms with Gasteiger partial charge in [0.2, 0.25) is 5.17 Å². The summed E-state index contributed by atoms with van der Waals surface area (Å²) in [7, 11) is 0. The maximum absolute atomic E-state index is 12.5. The van der Waals surface area contributed by atoms with Gasteiger partial charge in [0, 0.05) is 5.56 Å². The molecule has 1 nitrogen and oxygen atoms in total. The number of para-hydroxylation sites is 1. The molecule has 2 aromatic rings. The highest BCUT2D eigenvalue weighted by atomic mass is 35.5. The van der Waals surface area contributed by atoms with Crippen LogP contribution in [-0.2, 0) is 6.42 Å². The summed E-state index contributed by atoms with van der Waals surface area (Å²) in [5.41, 5.74) is 2.78. The number of halogens is 4. The predicted molar refractivity (Wildman–Crippen MR) is 80.3 cm³/mol. The molecule has 21 heavy (non-hydrogen) atoms. The molecule has 0 aromatic heterocycles. The molecule has 0 spiro atoms. The topological polar surface area (TPSA) is 12.4 Å². The monoisotopic (exact) mass is 311 g/mol. The number of hydrogen-bond acceptors (Lipinski definition) is 1. The van der Waals surface area contributed by atoms with Crippen LogP contribution in [0, 0.1) is 0 Å². The molecule has 2 rings (SSSR count). The van der Waals surface area contributed by atoms with Crippen LogP contribution in [0.3, 0.4) is 0 Å². The molecular weight excluding hydrogens is 299 g/mol. The molecule has 110 valence electrons. The molecule has 0 amide bonds. The molecule has 0 bridgehead atoms. The highest BCUT2D eigenvalue weighted by Gasteiger charge is 2.34. The van der Waals surface area contributed by atoms with Gasteiger partial charge in [-0.2, -0.15) is 13.2 Å². The van der Waals surface area contributed by atoms with E-state index in [1.165, 1.54) is 6.07 Å². The van der Waals surface area contributed by atoms with E-state index in [1.807, 2.05) is 31.2 Å². The Bertz CT molecular complexity index is 645. The van der Waals surface area contributed by atoms with Gasteiger partial charge >= 0.3 is 6.18 Å². The first kappa shape index (κ1) is 15.6. The Morgan fingerprint density at radius 1 is 1.05 bits per heavy atom. The van der Waals surface area contributed by atoms with Crippen LogP contribution in [0.4, 0.5) is 18.9 Å². The van der Waals surface area contributed by atoms with Crippen molar-refractivity contribution >= 4 is 22.5 Å². The van der Waals surface area contributed by atoms with Crippen LogP contribution in [0.2, 0.25) is 0 Å². The third-order valence-electron chi connectivity index (χ3n) is 3.03. The Kier molecular flexibility index (Phi) is 4.68. The fourth-order valence-electron chi connectivity index (χ4n) is 1.90. The summed E-state index contributed by atoms with van der Waals surface area (Å²) in [6.45, 7) is 2.04. The second kappa shape index (κ2) is 6.31. The first-order valence-electron chi connectivity index (χ1n) is 6.41. The van der Waals surface area contributed by atoms with Gasteiger partial charge in [0.25, 0.3) is 0 Å². The van der Waals surface area contributed by atoms with Crippen molar-refractivity contribution < 1.29 is 13.2 Å². The van der Waals surface area contributed by atoms with Crippen molar-refractivity contribution in [1.82, 2.24) is 0 Å². The van der Waals surface area contributed by atoms with Gasteiger partial charge in [0.05, 0.1) is 5.69 Å². The Morgan fingerprint density at radius 2 is 1.67 bits per heavy atom. The molecule has 0 heterocycles. The summed E-state index contributed by atoms with van der Waals surface area (Å²) in [6, 6.07) is 14.2. The van der Waals surface area contributed by atoms with Gasteiger partial charge < -0.3 is 0 Å². The van der Waals surface area contributed by atoms with E-state index in [2.05, 4.69) is 4.99 Å². The number of benzene rings is 2. The van der Waals surface area contributed by atoms with E-state index >= 15 is 0 Å². The smallest absolute Gasteiger partial charge is 0.232 e. The number of aliphatic imine (C=N–C) groups is 1. The molecule has 0 aliphatic rings. The van der Waals surface area contributed by atoms with Crippen LogP contribution in [0.15, 0.2) is 53.5 Å². The third-order valence-corrected chi connectivity index (χ3v) is 3.33. The second-order valence-corrected chi connectivity index (χ2v) is 4.83. The van der Waals surface area contributed by atoms with Crippen LogP contribution in [0.5, 0.6) is 0 Å². The van der Waals surface area contributed by atoms with E-state index in [9.17, 15) is 13.2 Å². The number of alkyl halides is 3. The number of nitrogens with zero attached hydrogens (tertiary/aromatic N) is 1. The lowest BCUT2D eigenvalue weighted by molar-refractivity contribution is -0.0558. The molecule has 0 atom stereocenters. The Balaban J connectivity index is 2.45. The first-order valence-corrected chi connectivity index (χ1v) is 6.79. The van der Waals surface area contributed by atoms with Gasteiger partial charge in [-0.3, -0.25) is 0 Å². The molecule has 0 saturated carbocycles. The Hall–Kier alpha value is -1.81. The van der Waals surface area contributed by atoms with E-state index in [-0.39, 0.29) is 5.69 Å². The summed E-state index contributed by atoms with van der Waals surface area (Å²) < 4.78 is 37.5. The van der Waals surface area contributed by atoms with Crippen molar-refractivity contribution in [2.24, 2.45) is 4.99 Å². The summed E-state index contributed by atoms with van der Waals surface area (Å²) in [6.07, 6.45) is -3.74. The van der Waals surface area contributed by atoms with Crippen molar-refractivity contribution in [2.45, 2.75) is 19.5 Å². The molecular formula is C16H13ClF3N. The van der Waals surface area contributed by atoms with Crippen molar-refractivity contribution in [2.75, 3.05) is 0 Å². The van der Waals surface area contributed by atoms with E-state index in [0.29, 0.717) is 5.56 Å². The van der Waals surface area contributed by atoms with Gasteiger partial charge in [-0.05, 0) is 23.6 Å². The quantitative estimate of drug-likeness (QED) is 0.640. The zero-order valence-electron chi connectivity index (χ0n) is 11.3. The van der Waals surface area contributed by atoms with Gasteiger partial charge in [-0.15, -0.1) is 0 Å².